The van der Waals surface area contributed by atoms with Crippen LogP contribution in [0, 0.1) is 0 Å². The van der Waals surface area contributed by atoms with Crippen molar-refractivity contribution in [3.63, 3.8) is 0 Å². The van der Waals surface area contributed by atoms with Crippen molar-refractivity contribution in [1.82, 2.24) is 14.7 Å². The Morgan fingerprint density at radius 2 is 2.06 bits per heavy atom. The van der Waals surface area contributed by atoms with Crippen molar-refractivity contribution in [3.05, 3.63) is 69.2 Å². The highest BCUT2D eigenvalue weighted by molar-refractivity contribution is 8.18. The van der Waals surface area contributed by atoms with Crippen LogP contribution in [0.25, 0.3) is 17.0 Å². The summed E-state index contributed by atoms with van der Waals surface area (Å²) in [7, 11) is 0. The molecule has 1 amide bonds. The van der Waals surface area contributed by atoms with Gasteiger partial charge in [-0.15, -0.1) is 0 Å². The summed E-state index contributed by atoms with van der Waals surface area (Å²) in [4.78, 5) is 30.0. The predicted molar refractivity (Wildman–Crippen MR) is 131 cm³/mol. The molecule has 5 rings (SSSR count). The van der Waals surface area contributed by atoms with Gasteiger partial charge in [-0.05, 0) is 66.1 Å². The lowest BCUT2D eigenvalue weighted by molar-refractivity contribution is -0.141. The average Bonchev–Trinajstić information content (AvgIpc) is 3.53. The van der Waals surface area contributed by atoms with Crippen molar-refractivity contribution in [2.45, 2.75) is 31.6 Å². The first-order valence-corrected chi connectivity index (χ1v) is 12.1. The van der Waals surface area contributed by atoms with Crippen LogP contribution >= 0.6 is 23.4 Å². The number of thioether (sulfide) groups is 1. The Morgan fingerprint density at radius 1 is 1.25 bits per heavy atom. The van der Waals surface area contributed by atoms with E-state index in [1.54, 1.807) is 35.4 Å². The SMILES string of the molecule is O=C1N=C(N2CCC[C@@H]2C(=O)O)SC1=Cc1ccc2c(cnn2Cc2ccc(Cl)cc2C(F)(F)F)c1. The fourth-order valence-corrected chi connectivity index (χ4v) is 5.52. The van der Waals surface area contributed by atoms with Gasteiger partial charge >= 0.3 is 12.1 Å². The minimum atomic E-state index is -4.55. The average molecular weight is 535 g/mol. The molecule has 0 radical (unpaired) electrons. The van der Waals surface area contributed by atoms with Gasteiger partial charge in [0.2, 0.25) is 0 Å². The molecule has 1 N–H and O–H groups in total. The highest BCUT2D eigenvalue weighted by Gasteiger charge is 2.37. The van der Waals surface area contributed by atoms with Crippen LogP contribution in [0.15, 0.2) is 52.5 Å². The second-order valence-corrected chi connectivity index (χ2v) is 9.87. The van der Waals surface area contributed by atoms with Crippen molar-refractivity contribution in [1.29, 1.82) is 0 Å². The topological polar surface area (TPSA) is 87.8 Å². The highest BCUT2D eigenvalue weighted by atomic mass is 35.5. The van der Waals surface area contributed by atoms with Gasteiger partial charge in [-0.1, -0.05) is 23.7 Å². The van der Waals surface area contributed by atoms with Crippen LogP contribution in [-0.2, 0) is 22.3 Å². The molecule has 0 aliphatic carbocycles. The molecule has 3 heterocycles. The van der Waals surface area contributed by atoms with E-state index in [0.717, 1.165) is 17.8 Å². The number of amidine groups is 1. The van der Waals surface area contributed by atoms with Crippen LogP contribution in [0.1, 0.15) is 29.5 Å². The Hall–Kier alpha value is -3.31. The van der Waals surface area contributed by atoms with Crippen LogP contribution in [0.5, 0.6) is 0 Å². The van der Waals surface area contributed by atoms with Gasteiger partial charge in [-0.25, -0.2) is 4.79 Å². The second-order valence-electron chi connectivity index (χ2n) is 8.42. The molecule has 36 heavy (non-hydrogen) atoms. The van der Waals surface area contributed by atoms with Crippen LogP contribution < -0.4 is 0 Å². The number of hydrogen-bond acceptors (Lipinski definition) is 5. The first-order valence-electron chi connectivity index (χ1n) is 10.9. The standard InChI is InChI=1S/C24H18ClF3N4O3S/c25-16-5-4-14(17(10-16)24(26,27)28)12-32-18-6-3-13(8-15(18)11-29-32)9-20-21(33)30-23(36-20)31-7-1-2-19(31)22(34)35/h3-6,8-11,19H,1-2,7,12H2,(H,34,35)/t19-/m1/s1. The van der Waals surface area contributed by atoms with E-state index in [0.29, 0.717) is 45.9 Å². The molecule has 0 saturated carbocycles. The molecule has 1 aromatic heterocycles. The van der Waals surface area contributed by atoms with E-state index in [1.165, 1.54) is 16.8 Å². The number of nitrogens with zero attached hydrogens (tertiary/aromatic N) is 4. The Bertz CT molecular complexity index is 1450. The second kappa shape index (κ2) is 9.29. The quantitative estimate of drug-likeness (QED) is 0.458. The Kier molecular flexibility index (Phi) is 6.29. The van der Waals surface area contributed by atoms with E-state index < -0.39 is 29.7 Å². The zero-order valence-electron chi connectivity index (χ0n) is 18.5. The lowest BCUT2D eigenvalue weighted by Crippen LogP contribution is -2.38. The van der Waals surface area contributed by atoms with Gasteiger partial charge in [0, 0.05) is 17.0 Å². The number of rotatable bonds is 4. The number of carbonyl (C=O) groups is 2. The van der Waals surface area contributed by atoms with E-state index in [1.807, 2.05) is 0 Å². The van der Waals surface area contributed by atoms with Gasteiger partial charge in [0.25, 0.3) is 5.91 Å². The third kappa shape index (κ3) is 4.72. The van der Waals surface area contributed by atoms with Gasteiger partial charge in [0.1, 0.15) is 6.04 Å². The van der Waals surface area contributed by atoms with Crippen LogP contribution in [0.2, 0.25) is 5.02 Å². The first kappa shape index (κ1) is 24.4. The minimum Gasteiger partial charge on any atom is -0.480 e. The molecule has 12 heteroatoms. The monoisotopic (exact) mass is 534 g/mol. The minimum absolute atomic E-state index is 0.00348. The number of hydrogen-bond donors (Lipinski definition) is 1. The molecular formula is C24H18ClF3N4O3S. The van der Waals surface area contributed by atoms with Crippen molar-refractivity contribution in [2.75, 3.05) is 6.54 Å². The summed E-state index contributed by atoms with van der Waals surface area (Å²) in [6, 6.07) is 8.21. The van der Waals surface area contributed by atoms with E-state index >= 15 is 0 Å². The fraction of sp³-hybridized carbons (Fsp3) is 0.250. The molecule has 1 fully saturated rings. The number of carboxylic acids is 1. The Labute approximate surface area is 212 Å². The van der Waals surface area contributed by atoms with E-state index in [4.69, 9.17) is 11.6 Å². The molecule has 7 nitrogen and oxygen atoms in total. The number of halogens is 4. The van der Waals surface area contributed by atoms with Crippen LogP contribution in [-0.4, -0.2) is 49.4 Å². The number of amides is 1. The summed E-state index contributed by atoms with van der Waals surface area (Å²) in [6.07, 6.45) is -0.121. The number of alkyl halides is 3. The van der Waals surface area contributed by atoms with Gasteiger partial charge < -0.3 is 10.0 Å². The third-order valence-electron chi connectivity index (χ3n) is 6.05. The molecule has 0 bridgehead atoms. The van der Waals surface area contributed by atoms with E-state index in [9.17, 15) is 27.9 Å². The predicted octanol–water partition coefficient (Wildman–Crippen LogP) is 5.28. The van der Waals surface area contributed by atoms with E-state index in [2.05, 4.69) is 10.1 Å². The van der Waals surface area contributed by atoms with Crippen molar-refractivity contribution < 1.29 is 27.9 Å². The summed E-state index contributed by atoms with van der Waals surface area (Å²) in [5.74, 6) is -1.38. The number of carbonyl (C=O) groups excluding carboxylic acids is 1. The zero-order chi connectivity index (χ0) is 25.6. The van der Waals surface area contributed by atoms with Gasteiger partial charge in [0.05, 0.1) is 28.7 Å². The van der Waals surface area contributed by atoms with Crippen LogP contribution in [0.4, 0.5) is 13.2 Å². The lowest BCUT2D eigenvalue weighted by Gasteiger charge is -2.21. The molecule has 2 aliphatic rings. The van der Waals surface area contributed by atoms with Crippen molar-refractivity contribution >= 4 is 57.4 Å². The molecule has 1 atom stereocenters. The molecule has 1 saturated heterocycles. The molecule has 186 valence electrons. The number of carboxylic acid groups (broad SMARTS) is 1. The maximum Gasteiger partial charge on any atom is 0.416 e. The Morgan fingerprint density at radius 3 is 2.81 bits per heavy atom. The largest absolute Gasteiger partial charge is 0.480 e. The molecular weight excluding hydrogens is 517 g/mol. The number of fused-ring (bicyclic) bond motifs is 1. The lowest BCUT2D eigenvalue weighted by atomic mass is 10.1. The summed E-state index contributed by atoms with van der Waals surface area (Å²) < 4.78 is 41.9. The number of aliphatic imine (C=N–C) groups is 1. The highest BCUT2D eigenvalue weighted by Crippen LogP contribution is 2.36. The van der Waals surface area contributed by atoms with E-state index in [-0.39, 0.29) is 17.1 Å². The van der Waals surface area contributed by atoms with Gasteiger partial charge in [-0.2, -0.15) is 23.3 Å². The number of aliphatic carboxylic acids is 1. The zero-order valence-corrected chi connectivity index (χ0v) is 20.1. The number of likely N-dealkylation sites (tertiary alicyclic amines) is 1. The maximum atomic E-state index is 13.5. The first-order chi connectivity index (χ1) is 17.1. The maximum absolute atomic E-state index is 13.5. The van der Waals surface area contributed by atoms with Gasteiger partial charge in [-0.3, -0.25) is 9.48 Å². The number of aromatic nitrogens is 2. The summed E-state index contributed by atoms with van der Waals surface area (Å²) in [6.45, 7) is 0.431. The fourth-order valence-electron chi connectivity index (χ4n) is 4.36. The summed E-state index contributed by atoms with van der Waals surface area (Å²) >= 11 is 6.91. The molecule has 3 aromatic rings. The summed E-state index contributed by atoms with van der Waals surface area (Å²) in [5, 5.41) is 14.7. The Balaban J connectivity index is 1.37. The van der Waals surface area contributed by atoms with Crippen molar-refractivity contribution in [2.24, 2.45) is 4.99 Å². The van der Waals surface area contributed by atoms with Crippen molar-refractivity contribution in [3.8, 4) is 0 Å². The van der Waals surface area contributed by atoms with Crippen LogP contribution in [0.3, 0.4) is 0 Å². The third-order valence-corrected chi connectivity index (χ3v) is 7.31. The number of benzene rings is 2. The molecule has 2 aliphatic heterocycles. The summed E-state index contributed by atoms with van der Waals surface area (Å²) in [5.41, 5.74) is 0.551. The molecule has 0 spiro atoms. The van der Waals surface area contributed by atoms with Gasteiger partial charge in [0.15, 0.2) is 5.17 Å². The smallest absolute Gasteiger partial charge is 0.416 e. The molecule has 2 aromatic carbocycles. The normalized spacial score (nSPS) is 19.5. The molecule has 0 unspecified atom stereocenters.